The Bertz CT molecular complexity index is 585. The summed E-state index contributed by atoms with van der Waals surface area (Å²) in [6.45, 7) is 3.12. The molecule has 0 radical (unpaired) electrons. The number of amides is 1. The summed E-state index contributed by atoms with van der Waals surface area (Å²) in [6.07, 6.45) is 2.95. The molecule has 1 spiro atoms. The van der Waals surface area contributed by atoms with Crippen LogP contribution in [0.25, 0.3) is 0 Å². The van der Waals surface area contributed by atoms with E-state index in [4.69, 9.17) is 9.47 Å². The van der Waals surface area contributed by atoms with E-state index in [-0.39, 0.29) is 17.6 Å². The number of rotatable bonds is 5. The number of hydrogen-bond acceptors (Lipinski definition) is 5. The second kappa shape index (κ2) is 8.17. The molecule has 2 aliphatic heterocycles. The fourth-order valence-corrected chi connectivity index (χ4v) is 3.78. The van der Waals surface area contributed by atoms with Crippen molar-refractivity contribution in [2.45, 2.75) is 43.9 Å². The number of carbonyl (C=O) groups excluding carboxylic acids is 1. The number of piperidine rings is 1. The van der Waals surface area contributed by atoms with Crippen molar-refractivity contribution < 1.29 is 19.4 Å². The van der Waals surface area contributed by atoms with Gasteiger partial charge in [0.1, 0.15) is 5.75 Å². The lowest BCUT2D eigenvalue weighted by Gasteiger charge is -2.46. The predicted molar refractivity (Wildman–Crippen MR) is 94.4 cm³/mol. The summed E-state index contributed by atoms with van der Waals surface area (Å²) in [5.74, 6) is 0.790. The van der Waals surface area contributed by atoms with Gasteiger partial charge in [0.15, 0.2) is 0 Å². The van der Waals surface area contributed by atoms with Crippen LogP contribution < -0.4 is 10.1 Å². The molecule has 2 fully saturated rings. The average Bonchev–Trinajstić information content (AvgIpc) is 2.64. The fraction of sp³-hybridized carbons (Fsp3) is 0.632. The van der Waals surface area contributed by atoms with Crippen molar-refractivity contribution in [1.82, 2.24) is 10.2 Å². The van der Waals surface area contributed by atoms with Gasteiger partial charge < -0.3 is 19.9 Å². The summed E-state index contributed by atoms with van der Waals surface area (Å²) in [4.78, 5) is 14.4. The number of aliphatic hydroxyl groups is 1. The molecule has 1 aromatic rings. The van der Waals surface area contributed by atoms with Crippen LogP contribution in [0, 0.1) is 0 Å². The molecule has 3 rings (SSSR count). The van der Waals surface area contributed by atoms with Crippen LogP contribution in [0.5, 0.6) is 5.75 Å². The van der Waals surface area contributed by atoms with Gasteiger partial charge in [-0.05, 0) is 31.7 Å². The number of methoxy groups -OCH3 is 1. The highest BCUT2D eigenvalue weighted by atomic mass is 16.5. The molecule has 2 aliphatic rings. The van der Waals surface area contributed by atoms with E-state index >= 15 is 0 Å². The van der Waals surface area contributed by atoms with Gasteiger partial charge in [0.2, 0.25) is 5.91 Å². The number of nitrogens with one attached hydrogen (secondary N) is 1. The average molecular weight is 348 g/mol. The summed E-state index contributed by atoms with van der Waals surface area (Å²) >= 11 is 0. The van der Waals surface area contributed by atoms with Crippen molar-refractivity contribution >= 4 is 5.91 Å². The second-order valence-corrected chi connectivity index (χ2v) is 6.94. The van der Waals surface area contributed by atoms with Gasteiger partial charge in [0.05, 0.1) is 25.4 Å². The van der Waals surface area contributed by atoms with Gasteiger partial charge in [-0.3, -0.25) is 9.69 Å². The quantitative estimate of drug-likeness (QED) is 0.840. The molecule has 6 nitrogen and oxygen atoms in total. The van der Waals surface area contributed by atoms with Crippen molar-refractivity contribution in [3.63, 3.8) is 0 Å². The molecule has 1 atom stereocenters. The summed E-state index contributed by atoms with van der Waals surface area (Å²) in [5.41, 5.74) is 0.581. The zero-order valence-electron chi connectivity index (χ0n) is 14.9. The summed E-state index contributed by atoms with van der Waals surface area (Å²) in [6, 6.07) is 7.69. The summed E-state index contributed by atoms with van der Waals surface area (Å²) in [7, 11) is 1.63. The van der Waals surface area contributed by atoms with E-state index in [2.05, 4.69) is 10.2 Å². The SMILES string of the molecule is COc1ccccc1CNC(=O)CN1CCC2(CC1)OCCC[C@H]2O. The molecule has 0 aliphatic carbocycles. The van der Waals surface area contributed by atoms with Crippen molar-refractivity contribution in [2.24, 2.45) is 0 Å². The maximum atomic E-state index is 12.2. The molecular formula is C19H28N2O4. The Hall–Kier alpha value is -1.63. The molecule has 6 heteroatoms. The van der Waals surface area contributed by atoms with E-state index in [1.54, 1.807) is 7.11 Å². The minimum absolute atomic E-state index is 0.00645. The van der Waals surface area contributed by atoms with Crippen molar-refractivity contribution in [1.29, 1.82) is 0 Å². The molecule has 0 bridgehead atoms. The van der Waals surface area contributed by atoms with E-state index in [0.717, 1.165) is 56.7 Å². The molecule has 0 unspecified atom stereocenters. The van der Waals surface area contributed by atoms with E-state index in [0.29, 0.717) is 13.1 Å². The number of para-hydroxylation sites is 1. The summed E-state index contributed by atoms with van der Waals surface area (Å²) < 4.78 is 11.2. The first-order valence-electron chi connectivity index (χ1n) is 9.06. The first-order chi connectivity index (χ1) is 12.1. The Morgan fingerprint density at radius 3 is 2.88 bits per heavy atom. The Kier molecular flexibility index (Phi) is 5.93. The molecule has 2 saturated heterocycles. The number of hydrogen-bond donors (Lipinski definition) is 2. The van der Waals surface area contributed by atoms with Gasteiger partial charge >= 0.3 is 0 Å². The minimum Gasteiger partial charge on any atom is -0.496 e. The van der Waals surface area contributed by atoms with Crippen molar-refractivity contribution in [3.8, 4) is 5.75 Å². The lowest BCUT2D eigenvalue weighted by atomic mass is 9.82. The molecule has 138 valence electrons. The molecule has 0 saturated carbocycles. The van der Waals surface area contributed by atoms with Crippen LogP contribution in [0.3, 0.4) is 0 Å². The van der Waals surface area contributed by atoms with Crippen LogP contribution in [-0.2, 0) is 16.1 Å². The van der Waals surface area contributed by atoms with Gasteiger partial charge in [-0.2, -0.15) is 0 Å². The van der Waals surface area contributed by atoms with Gasteiger partial charge in [-0.15, -0.1) is 0 Å². The molecule has 25 heavy (non-hydrogen) atoms. The third-order valence-corrected chi connectivity index (χ3v) is 5.36. The second-order valence-electron chi connectivity index (χ2n) is 6.94. The lowest BCUT2D eigenvalue weighted by molar-refractivity contribution is -0.177. The topological polar surface area (TPSA) is 71.0 Å². The molecule has 0 aromatic heterocycles. The fourth-order valence-electron chi connectivity index (χ4n) is 3.78. The molecule has 2 heterocycles. The number of nitrogens with zero attached hydrogens (tertiary/aromatic N) is 1. The first kappa shape index (κ1) is 18.2. The smallest absolute Gasteiger partial charge is 0.234 e. The highest BCUT2D eigenvalue weighted by Crippen LogP contribution is 2.35. The van der Waals surface area contributed by atoms with Crippen LogP contribution in [0.15, 0.2) is 24.3 Å². The number of benzene rings is 1. The lowest BCUT2D eigenvalue weighted by Crippen LogP contribution is -2.56. The zero-order chi connectivity index (χ0) is 17.7. The zero-order valence-corrected chi connectivity index (χ0v) is 14.9. The van der Waals surface area contributed by atoms with Crippen LogP contribution in [-0.4, -0.2) is 61.0 Å². The standard InChI is InChI=1S/C19H28N2O4/c1-24-16-6-3-2-5-15(16)13-20-18(23)14-21-10-8-19(9-11-21)17(22)7-4-12-25-19/h2-3,5-6,17,22H,4,7-14H2,1H3,(H,20,23)/t17-/m1/s1. The molecule has 1 amide bonds. The van der Waals surface area contributed by atoms with Crippen LogP contribution in [0.2, 0.25) is 0 Å². The Balaban J connectivity index is 1.45. The number of likely N-dealkylation sites (tertiary alicyclic amines) is 1. The van der Waals surface area contributed by atoms with Gasteiger partial charge in [-0.25, -0.2) is 0 Å². The molecule has 2 N–H and O–H groups in total. The van der Waals surface area contributed by atoms with Gasteiger partial charge in [0.25, 0.3) is 0 Å². The van der Waals surface area contributed by atoms with E-state index in [1.807, 2.05) is 24.3 Å². The predicted octanol–water partition coefficient (Wildman–Crippen LogP) is 1.32. The third-order valence-electron chi connectivity index (χ3n) is 5.36. The Morgan fingerprint density at radius 1 is 1.40 bits per heavy atom. The van der Waals surface area contributed by atoms with Gasteiger partial charge in [0, 0.05) is 31.8 Å². The number of ether oxygens (including phenoxy) is 2. The highest BCUT2D eigenvalue weighted by Gasteiger charge is 2.43. The Labute approximate surface area is 149 Å². The third kappa shape index (κ3) is 4.32. The summed E-state index contributed by atoms with van der Waals surface area (Å²) in [5, 5.41) is 13.2. The number of aliphatic hydroxyl groups excluding tert-OH is 1. The maximum absolute atomic E-state index is 12.2. The highest BCUT2D eigenvalue weighted by molar-refractivity contribution is 5.78. The first-order valence-corrected chi connectivity index (χ1v) is 9.06. The van der Waals surface area contributed by atoms with Crippen molar-refractivity contribution in [3.05, 3.63) is 29.8 Å². The van der Waals surface area contributed by atoms with E-state index in [9.17, 15) is 9.90 Å². The van der Waals surface area contributed by atoms with E-state index < -0.39 is 0 Å². The van der Waals surface area contributed by atoms with Crippen LogP contribution in [0.4, 0.5) is 0 Å². The molecular weight excluding hydrogens is 320 g/mol. The number of carbonyl (C=O) groups is 1. The van der Waals surface area contributed by atoms with Crippen molar-refractivity contribution in [2.75, 3.05) is 33.4 Å². The largest absolute Gasteiger partial charge is 0.496 e. The van der Waals surface area contributed by atoms with Gasteiger partial charge in [-0.1, -0.05) is 18.2 Å². The van der Waals surface area contributed by atoms with E-state index in [1.165, 1.54) is 0 Å². The monoisotopic (exact) mass is 348 g/mol. The Morgan fingerprint density at radius 2 is 2.16 bits per heavy atom. The minimum atomic E-state index is -0.386. The normalized spacial score (nSPS) is 23.4. The maximum Gasteiger partial charge on any atom is 0.234 e. The van der Waals surface area contributed by atoms with Crippen LogP contribution in [0.1, 0.15) is 31.2 Å². The molecule has 1 aromatic carbocycles. The van der Waals surface area contributed by atoms with Crippen LogP contribution >= 0.6 is 0 Å².